The van der Waals surface area contributed by atoms with E-state index >= 15 is 0 Å². The number of aromatic nitrogens is 2. The molecule has 1 fully saturated rings. The highest BCUT2D eigenvalue weighted by Gasteiger charge is 2.35. The molecule has 0 radical (unpaired) electrons. The van der Waals surface area contributed by atoms with Gasteiger partial charge in [-0.1, -0.05) is 48.0 Å². The van der Waals surface area contributed by atoms with Crippen LogP contribution in [0.2, 0.25) is 5.02 Å². The molecule has 0 saturated carbocycles. The first kappa shape index (κ1) is 21.5. The second-order valence-corrected chi connectivity index (χ2v) is 8.92. The molecule has 1 amide bonds. The highest BCUT2D eigenvalue weighted by atomic mass is 35.5. The fraction of sp³-hybridized carbons (Fsp3) is 0.259. The van der Waals surface area contributed by atoms with E-state index in [-0.39, 0.29) is 11.8 Å². The van der Waals surface area contributed by atoms with Crippen molar-refractivity contribution in [2.24, 2.45) is 0 Å². The highest BCUT2D eigenvalue weighted by molar-refractivity contribution is 6.33. The Kier molecular flexibility index (Phi) is 5.81. The van der Waals surface area contributed by atoms with Gasteiger partial charge in [0, 0.05) is 18.9 Å². The van der Waals surface area contributed by atoms with Gasteiger partial charge in [-0.25, -0.2) is 4.98 Å². The van der Waals surface area contributed by atoms with Crippen LogP contribution in [0.1, 0.15) is 29.3 Å². The molecule has 5 rings (SSSR count). The number of ether oxygens (including phenoxy) is 1. The van der Waals surface area contributed by atoms with Gasteiger partial charge in [0.1, 0.15) is 18.2 Å². The first-order valence-corrected chi connectivity index (χ1v) is 11.6. The first-order valence-electron chi connectivity index (χ1n) is 11.2. The van der Waals surface area contributed by atoms with Crippen LogP contribution in [0.4, 0.5) is 5.69 Å². The Morgan fingerprint density at radius 2 is 1.82 bits per heavy atom. The molecule has 3 aromatic carbocycles. The van der Waals surface area contributed by atoms with Crippen molar-refractivity contribution in [1.82, 2.24) is 9.55 Å². The molecular weight excluding hydrogens is 434 g/mol. The van der Waals surface area contributed by atoms with Gasteiger partial charge in [0.15, 0.2) is 0 Å². The number of amides is 1. The average molecular weight is 460 g/mol. The zero-order valence-corrected chi connectivity index (χ0v) is 19.5. The van der Waals surface area contributed by atoms with Gasteiger partial charge in [-0.3, -0.25) is 4.79 Å². The van der Waals surface area contributed by atoms with E-state index < -0.39 is 0 Å². The van der Waals surface area contributed by atoms with Gasteiger partial charge in [0.05, 0.1) is 28.3 Å². The zero-order chi connectivity index (χ0) is 22.9. The largest absolute Gasteiger partial charge is 0.491 e. The third kappa shape index (κ3) is 4.09. The lowest BCUT2D eigenvalue weighted by atomic mass is 10.1. The Morgan fingerprint density at radius 3 is 2.67 bits per heavy atom. The average Bonchev–Trinajstić information content (AvgIpc) is 3.37. The second kappa shape index (κ2) is 8.91. The summed E-state index contributed by atoms with van der Waals surface area (Å²) >= 11 is 6.38. The topological polar surface area (TPSA) is 47.4 Å². The normalized spacial score (nSPS) is 16.0. The number of carbonyl (C=O) groups is 1. The Balaban J connectivity index is 1.42. The number of anilines is 1. The molecule has 0 bridgehead atoms. The summed E-state index contributed by atoms with van der Waals surface area (Å²) in [7, 11) is 0. The van der Waals surface area contributed by atoms with Gasteiger partial charge in [-0.2, -0.15) is 0 Å². The van der Waals surface area contributed by atoms with Gasteiger partial charge in [-0.05, 0) is 55.3 Å². The van der Waals surface area contributed by atoms with Crippen molar-refractivity contribution >= 4 is 34.2 Å². The number of imidazole rings is 1. The zero-order valence-electron chi connectivity index (χ0n) is 18.8. The van der Waals surface area contributed by atoms with Crippen LogP contribution in [0.25, 0.3) is 11.0 Å². The molecule has 5 nitrogen and oxygen atoms in total. The third-order valence-corrected chi connectivity index (χ3v) is 6.76. The van der Waals surface area contributed by atoms with E-state index in [2.05, 4.69) is 30.5 Å². The molecule has 6 heteroatoms. The molecule has 1 aliphatic heterocycles. The summed E-state index contributed by atoms with van der Waals surface area (Å²) in [5.41, 5.74) is 5.12. The van der Waals surface area contributed by atoms with Gasteiger partial charge in [0.25, 0.3) is 0 Å². The van der Waals surface area contributed by atoms with E-state index in [1.54, 1.807) is 4.90 Å². The van der Waals surface area contributed by atoms with Crippen LogP contribution in [0.3, 0.4) is 0 Å². The number of rotatable bonds is 6. The SMILES string of the molecule is Cc1cccc(OCCn2c(C3CC(=O)N(c4ccccc4Cl)C3)nc3ccccc32)c1C. The van der Waals surface area contributed by atoms with E-state index in [9.17, 15) is 4.79 Å². The Hall–Kier alpha value is -3.31. The number of halogens is 1. The molecule has 0 spiro atoms. The summed E-state index contributed by atoms with van der Waals surface area (Å²) in [6, 6.07) is 21.7. The molecule has 33 heavy (non-hydrogen) atoms. The lowest BCUT2D eigenvalue weighted by molar-refractivity contribution is -0.117. The van der Waals surface area contributed by atoms with Gasteiger partial charge < -0.3 is 14.2 Å². The number of nitrogens with zero attached hydrogens (tertiary/aromatic N) is 3. The second-order valence-electron chi connectivity index (χ2n) is 8.51. The molecule has 0 aliphatic carbocycles. The molecule has 1 aromatic heterocycles. The summed E-state index contributed by atoms with van der Waals surface area (Å²) in [6.45, 7) is 5.90. The fourth-order valence-corrected chi connectivity index (χ4v) is 4.79. The number of hydrogen-bond donors (Lipinski definition) is 0. The number of benzene rings is 3. The quantitative estimate of drug-likeness (QED) is 0.360. The lowest BCUT2D eigenvalue weighted by Crippen LogP contribution is -2.25. The number of carbonyl (C=O) groups excluding carboxylic acids is 1. The Bertz CT molecular complexity index is 1330. The molecule has 1 atom stereocenters. The minimum Gasteiger partial charge on any atom is -0.491 e. The maximum atomic E-state index is 12.9. The van der Waals surface area contributed by atoms with E-state index in [0.29, 0.717) is 31.1 Å². The summed E-state index contributed by atoms with van der Waals surface area (Å²) < 4.78 is 8.34. The Labute approximate surface area is 198 Å². The molecule has 1 unspecified atom stereocenters. The smallest absolute Gasteiger partial charge is 0.227 e. The fourth-order valence-electron chi connectivity index (χ4n) is 4.55. The van der Waals surface area contributed by atoms with Crippen molar-refractivity contribution in [2.75, 3.05) is 18.1 Å². The van der Waals surface area contributed by atoms with Gasteiger partial charge in [0.2, 0.25) is 5.91 Å². The van der Waals surface area contributed by atoms with Gasteiger partial charge in [-0.15, -0.1) is 0 Å². The van der Waals surface area contributed by atoms with Crippen LogP contribution in [-0.2, 0) is 11.3 Å². The monoisotopic (exact) mass is 459 g/mol. The molecule has 2 heterocycles. The van der Waals surface area contributed by atoms with Crippen molar-refractivity contribution in [3.8, 4) is 5.75 Å². The molecule has 168 valence electrons. The third-order valence-electron chi connectivity index (χ3n) is 6.44. The predicted octanol–water partition coefficient (Wildman–Crippen LogP) is 5.91. The highest BCUT2D eigenvalue weighted by Crippen LogP contribution is 2.36. The van der Waals surface area contributed by atoms with Crippen LogP contribution >= 0.6 is 11.6 Å². The standard InChI is InChI=1S/C27H26ClN3O2/c1-18-8-7-13-25(19(18)2)33-15-14-30-24-12-6-4-10-22(24)29-27(30)20-16-26(32)31(17-20)23-11-5-3-9-21(23)28/h3-13,20H,14-17H2,1-2H3. The van der Waals surface area contributed by atoms with Crippen molar-refractivity contribution in [3.63, 3.8) is 0 Å². The molecule has 0 N–H and O–H groups in total. The summed E-state index contributed by atoms with van der Waals surface area (Å²) in [5, 5.41) is 0.585. The molecule has 4 aromatic rings. The maximum Gasteiger partial charge on any atom is 0.227 e. The predicted molar refractivity (Wildman–Crippen MR) is 132 cm³/mol. The number of fused-ring (bicyclic) bond motifs is 1. The van der Waals surface area contributed by atoms with Crippen LogP contribution in [0.5, 0.6) is 5.75 Å². The van der Waals surface area contributed by atoms with Crippen molar-refractivity contribution < 1.29 is 9.53 Å². The van der Waals surface area contributed by atoms with Crippen LogP contribution in [0, 0.1) is 13.8 Å². The molecule has 1 saturated heterocycles. The van der Waals surface area contributed by atoms with Crippen LogP contribution < -0.4 is 9.64 Å². The lowest BCUT2D eigenvalue weighted by Gasteiger charge is -2.19. The first-order chi connectivity index (χ1) is 16.0. The van der Waals surface area contributed by atoms with Crippen molar-refractivity contribution in [3.05, 3.63) is 88.7 Å². The van der Waals surface area contributed by atoms with E-state index in [4.69, 9.17) is 21.3 Å². The number of para-hydroxylation sites is 3. The van der Waals surface area contributed by atoms with E-state index in [1.165, 1.54) is 5.56 Å². The number of hydrogen-bond acceptors (Lipinski definition) is 3. The summed E-state index contributed by atoms with van der Waals surface area (Å²) in [4.78, 5) is 19.6. The van der Waals surface area contributed by atoms with E-state index in [0.717, 1.165) is 33.9 Å². The minimum atomic E-state index is -0.0121. The molecule has 1 aliphatic rings. The van der Waals surface area contributed by atoms with Crippen molar-refractivity contribution in [1.29, 1.82) is 0 Å². The van der Waals surface area contributed by atoms with E-state index in [1.807, 2.05) is 54.6 Å². The van der Waals surface area contributed by atoms with Crippen LogP contribution in [-0.4, -0.2) is 28.6 Å². The summed E-state index contributed by atoms with van der Waals surface area (Å²) in [6.07, 6.45) is 0.409. The number of aryl methyl sites for hydroxylation is 1. The minimum absolute atomic E-state index is 0.0121. The maximum absolute atomic E-state index is 12.9. The van der Waals surface area contributed by atoms with Gasteiger partial charge >= 0.3 is 0 Å². The summed E-state index contributed by atoms with van der Waals surface area (Å²) in [5.74, 6) is 1.88. The van der Waals surface area contributed by atoms with Crippen LogP contribution in [0.15, 0.2) is 66.7 Å². The molecular formula is C27H26ClN3O2. The van der Waals surface area contributed by atoms with Crippen molar-refractivity contribution in [2.45, 2.75) is 32.7 Å². The Morgan fingerprint density at radius 1 is 1.03 bits per heavy atom.